The maximum Gasteiger partial charge on any atom is 0.128 e. The van der Waals surface area contributed by atoms with Gasteiger partial charge in [0.2, 0.25) is 0 Å². The van der Waals surface area contributed by atoms with E-state index in [4.69, 9.17) is 28.9 Å². The van der Waals surface area contributed by atoms with Crippen molar-refractivity contribution in [3.8, 4) is 45.1 Å². The number of hydrogen-bond donors (Lipinski definition) is 4. The number of nitrogens with one attached hydrogen (secondary N) is 4. The molecule has 4 aromatic rings. The van der Waals surface area contributed by atoms with Gasteiger partial charge in [-0.15, -0.1) is 0 Å². The molecule has 2 saturated heterocycles. The average molecular weight is 569 g/mol. The van der Waals surface area contributed by atoms with Crippen molar-refractivity contribution in [3.63, 3.8) is 0 Å². The van der Waals surface area contributed by atoms with Crippen LogP contribution in [-0.4, -0.2) is 59.5 Å². The van der Waals surface area contributed by atoms with Gasteiger partial charge in [-0.3, -0.25) is 0 Å². The van der Waals surface area contributed by atoms with E-state index < -0.39 is 0 Å². The first-order valence-corrected chi connectivity index (χ1v) is 14.9. The van der Waals surface area contributed by atoms with Gasteiger partial charge in [-0.1, -0.05) is 0 Å². The van der Waals surface area contributed by atoms with Crippen LogP contribution in [0.15, 0.2) is 36.7 Å². The van der Waals surface area contributed by atoms with Gasteiger partial charge in [-0.05, 0) is 49.9 Å². The number of imidazole rings is 2. The van der Waals surface area contributed by atoms with Gasteiger partial charge in [-0.2, -0.15) is 0 Å². The molecule has 218 valence electrons. The van der Waals surface area contributed by atoms with E-state index in [1.165, 1.54) is 0 Å². The first kappa shape index (κ1) is 26.0. The van der Waals surface area contributed by atoms with Gasteiger partial charge < -0.3 is 39.5 Å². The van der Waals surface area contributed by atoms with Crippen LogP contribution < -0.4 is 20.1 Å². The minimum Gasteiger partial charge on any atom is -0.488 e. The Bertz CT molecular complexity index is 1460. The normalized spacial score (nSPS) is 24.0. The molecule has 10 heteroatoms. The molecule has 6 heterocycles. The van der Waals surface area contributed by atoms with Crippen molar-refractivity contribution in [2.45, 2.75) is 63.1 Å². The monoisotopic (exact) mass is 568 g/mol. The van der Waals surface area contributed by atoms with Gasteiger partial charge in [0.05, 0.1) is 49.1 Å². The summed E-state index contributed by atoms with van der Waals surface area (Å²) in [5, 5.41) is 7.25. The van der Waals surface area contributed by atoms with Crippen molar-refractivity contribution >= 4 is 0 Å². The molecule has 4 atom stereocenters. The first-order valence-electron chi connectivity index (χ1n) is 14.9. The predicted octanol–water partition coefficient (Wildman–Crippen LogP) is 4.80. The molecule has 4 aliphatic rings. The number of ether oxygens (including phenoxy) is 4. The van der Waals surface area contributed by atoms with E-state index in [-0.39, 0.29) is 12.1 Å². The Balaban J connectivity index is 1.06. The number of aromatic amines is 2. The van der Waals surface area contributed by atoms with Crippen LogP contribution in [0.5, 0.6) is 11.5 Å². The molecular formula is C32H36N6O4. The van der Waals surface area contributed by atoms with Crippen molar-refractivity contribution in [3.05, 3.63) is 59.4 Å². The summed E-state index contributed by atoms with van der Waals surface area (Å²) in [5.74, 6) is 3.72. The number of benzene rings is 2. The third-order valence-corrected chi connectivity index (χ3v) is 9.07. The summed E-state index contributed by atoms with van der Waals surface area (Å²) in [6, 6.07) is 9.83. The fourth-order valence-electron chi connectivity index (χ4n) is 7.05. The van der Waals surface area contributed by atoms with Crippen LogP contribution in [-0.2, 0) is 22.7 Å². The van der Waals surface area contributed by atoms with Gasteiger partial charge in [0.15, 0.2) is 0 Å². The van der Waals surface area contributed by atoms with Crippen molar-refractivity contribution in [1.29, 1.82) is 0 Å². The minimum absolute atomic E-state index is 0.214. The highest BCUT2D eigenvalue weighted by Crippen LogP contribution is 2.50. The van der Waals surface area contributed by atoms with Crippen LogP contribution in [0.2, 0.25) is 0 Å². The molecule has 2 fully saturated rings. The lowest BCUT2D eigenvalue weighted by Gasteiger charge is -2.30. The summed E-state index contributed by atoms with van der Waals surface area (Å²) < 4.78 is 23.4. The van der Waals surface area contributed by atoms with Crippen LogP contribution in [0, 0.1) is 0 Å². The maximum absolute atomic E-state index is 6.38. The molecule has 4 N–H and O–H groups in total. The quantitative estimate of drug-likeness (QED) is 0.240. The zero-order valence-electron chi connectivity index (χ0n) is 24.0. The summed E-state index contributed by atoms with van der Waals surface area (Å²) >= 11 is 0. The molecule has 8 rings (SSSR count). The number of rotatable bonds is 8. The third-order valence-electron chi connectivity index (χ3n) is 9.07. The Morgan fingerprint density at radius 3 is 1.62 bits per heavy atom. The number of nitrogens with zero attached hydrogens (tertiary/aromatic N) is 2. The van der Waals surface area contributed by atoms with Crippen LogP contribution >= 0.6 is 0 Å². The molecule has 2 aromatic heterocycles. The molecule has 4 aliphatic heterocycles. The topological polar surface area (TPSA) is 118 Å². The number of methoxy groups -OCH3 is 2. The summed E-state index contributed by atoms with van der Waals surface area (Å²) in [7, 11) is 3.49. The second-order valence-electron chi connectivity index (χ2n) is 11.9. The summed E-state index contributed by atoms with van der Waals surface area (Å²) in [5.41, 5.74) is 8.60. The molecule has 0 saturated carbocycles. The maximum atomic E-state index is 6.38. The van der Waals surface area contributed by atoms with E-state index in [0.29, 0.717) is 25.3 Å². The Kier molecular flexibility index (Phi) is 6.51. The Labute approximate surface area is 244 Å². The van der Waals surface area contributed by atoms with E-state index in [1.54, 1.807) is 14.2 Å². The highest BCUT2D eigenvalue weighted by atomic mass is 16.5. The van der Waals surface area contributed by atoms with E-state index in [0.717, 1.165) is 107 Å². The predicted molar refractivity (Wildman–Crippen MR) is 157 cm³/mol. The van der Waals surface area contributed by atoms with Gasteiger partial charge in [-0.25, -0.2) is 9.97 Å². The highest BCUT2D eigenvalue weighted by Gasteiger charge is 2.32. The van der Waals surface area contributed by atoms with E-state index >= 15 is 0 Å². The van der Waals surface area contributed by atoms with Gasteiger partial charge in [0.1, 0.15) is 36.4 Å². The average Bonchev–Trinajstić information content (AvgIpc) is 3.82. The van der Waals surface area contributed by atoms with E-state index in [2.05, 4.69) is 44.9 Å². The smallest absolute Gasteiger partial charge is 0.128 e. The fraction of sp³-hybridized carbons (Fsp3) is 0.438. The first-order chi connectivity index (χ1) is 20.7. The lowest BCUT2D eigenvalue weighted by atomic mass is 9.87. The molecule has 0 amide bonds. The Morgan fingerprint density at radius 1 is 0.690 bits per heavy atom. The molecule has 0 aliphatic carbocycles. The van der Waals surface area contributed by atoms with E-state index in [9.17, 15) is 0 Å². The second kappa shape index (κ2) is 10.5. The van der Waals surface area contributed by atoms with Crippen LogP contribution in [0.3, 0.4) is 0 Å². The third kappa shape index (κ3) is 4.50. The largest absolute Gasteiger partial charge is 0.488 e. The molecule has 0 radical (unpaired) electrons. The molecule has 0 spiro atoms. The van der Waals surface area contributed by atoms with Crippen molar-refractivity contribution in [1.82, 2.24) is 30.6 Å². The second-order valence-corrected chi connectivity index (χ2v) is 11.9. The number of H-pyrrole nitrogens is 2. The zero-order chi connectivity index (χ0) is 28.2. The lowest BCUT2D eigenvalue weighted by Crippen LogP contribution is -2.28. The Morgan fingerprint density at radius 2 is 1.17 bits per heavy atom. The van der Waals surface area contributed by atoms with Crippen molar-refractivity contribution < 1.29 is 18.9 Å². The fourth-order valence-corrected chi connectivity index (χ4v) is 7.05. The summed E-state index contributed by atoms with van der Waals surface area (Å²) in [4.78, 5) is 16.5. The molecular weight excluding hydrogens is 532 g/mol. The van der Waals surface area contributed by atoms with E-state index in [1.807, 2.05) is 12.4 Å². The number of aromatic nitrogens is 4. The summed E-state index contributed by atoms with van der Waals surface area (Å²) in [6.45, 7) is 2.41. The van der Waals surface area contributed by atoms with Gasteiger partial charge in [0, 0.05) is 59.7 Å². The van der Waals surface area contributed by atoms with Crippen molar-refractivity contribution in [2.24, 2.45) is 0 Å². The van der Waals surface area contributed by atoms with Gasteiger partial charge >= 0.3 is 0 Å². The zero-order valence-corrected chi connectivity index (χ0v) is 24.0. The summed E-state index contributed by atoms with van der Waals surface area (Å²) in [6.07, 6.45) is 8.10. The lowest BCUT2D eigenvalue weighted by molar-refractivity contribution is 0.171. The van der Waals surface area contributed by atoms with Crippen LogP contribution in [0.4, 0.5) is 0 Å². The Hall–Kier alpha value is -3.70. The van der Waals surface area contributed by atoms with Crippen LogP contribution in [0.1, 0.15) is 60.5 Å². The standard InChI is InChI=1S/C32H36N6O4/c1-39-15-21-3-5-23(35-21)31-33-11-25(37-31)17-7-19-13-42-28-10-18(8-20-14-41-27(9-17)29(19)30(20)28)26-12-34-32(38-26)24-6-4-22(36-24)16-40-2/h7-12,21-24,35-36H,3-6,13-16H2,1-2H3,(H,33,37)(H,34,38)/t21?,22?,23-,24-/m0/s1. The molecule has 42 heavy (non-hydrogen) atoms. The molecule has 0 bridgehead atoms. The van der Waals surface area contributed by atoms with Crippen molar-refractivity contribution in [2.75, 3.05) is 27.4 Å². The number of hydrogen-bond acceptors (Lipinski definition) is 8. The molecule has 2 unspecified atom stereocenters. The SMILES string of the molecule is COCC1CC[C@@H](c2ncc(-c3cc4c5c(c3)OCc3cc(-c6cnc([C@@H]7CCC(COC)N7)[nH]6)cc(c3-5)OC4)[nH]2)N1. The van der Waals surface area contributed by atoms with Gasteiger partial charge in [0.25, 0.3) is 0 Å². The minimum atomic E-state index is 0.214. The molecule has 2 aromatic carbocycles. The molecule has 10 nitrogen and oxygen atoms in total. The highest BCUT2D eigenvalue weighted by molar-refractivity contribution is 5.88. The van der Waals surface area contributed by atoms with Crippen LogP contribution in [0.25, 0.3) is 33.6 Å².